The first-order valence-electron chi connectivity index (χ1n) is 3.11. The summed E-state index contributed by atoms with van der Waals surface area (Å²) >= 11 is 5.83. The van der Waals surface area contributed by atoms with Crippen LogP contribution in [0.2, 0.25) is 5.02 Å². The van der Waals surface area contributed by atoms with Crippen molar-refractivity contribution in [3.8, 4) is 0 Å². The lowest BCUT2D eigenvalue weighted by atomic mass is 10.1. The predicted molar refractivity (Wildman–Crippen MR) is 42.9 cm³/mol. The molecule has 0 aliphatic heterocycles. The van der Waals surface area contributed by atoms with Crippen molar-refractivity contribution in [3.05, 3.63) is 34.3 Å². The quantitative estimate of drug-likeness (QED) is 0.657. The second kappa shape index (κ2) is 3.04. The highest BCUT2D eigenvalue weighted by Crippen LogP contribution is 2.17. The number of aryl methyl sites for hydroxylation is 1. The van der Waals surface area contributed by atoms with Gasteiger partial charge in [-0.1, -0.05) is 17.7 Å². The molecule has 10 heavy (non-hydrogen) atoms. The highest BCUT2D eigenvalue weighted by molar-refractivity contribution is 6.31. The Labute approximate surface area is 65.8 Å². The molecule has 0 atom stereocenters. The van der Waals surface area contributed by atoms with E-state index in [4.69, 9.17) is 17.3 Å². The fraction of sp³-hybridized carbons (Fsp3) is 0.250. The number of rotatable bonds is 1. The van der Waals surface area contributed by atoms with Gasteiger partial charge in [-0.2, -0.15) is 0 Å². The normalized spacial score (nSPS) is 9.90. The van der Waals surface area contributed by atoms with Crippen LogP contribution in [-0.4, -0.2) is 0 Å². The molecule has 0 amide bonds. The van der Waals surface area contributed by atoms with E-state index < -0.39 is 0 Å². The maximum atomic E-state index is 5.83. The van der Waals surface area contributed by atoms with Crippen molar-refractivity contribution in [2.45, 2.75) is 13.5 Å². The lowest BCUT2D eigenvalue weighted by Crippen LogP contribution is -1.99. The average molecular weight is 155 g/mol. The molecule has 2 heteroatoms. The van der Waals surface area contributed by atoms with Crippen LogP contribution in [0.4, 0.5) is 0 Å². The van der Waals surface area contributed by atoms with Crippen LogP contribution in [0.3, 0.4) is 0 Å². The Balaban J connectivity index is 3.17. The summed E-state index contributed by atoms with van der Waals surface area (Å²) in [7, 11) is 0. The topological polar surface area (TPSA) is 26.0 Å². The van der Waals surface area contributed by atoms with Crippen LogP contribution in [-0.2, 0) is 6.54 Å². The number of nitrogens with two attached hydrogens (primary N) is 1. The largest absolute Gasteiger partial charge is 0.326 e. The van der Waals surface area contributed by atoms with Gasteiger partial charge in [-0.15, -0.1) is 0 Å². The fourth-order valence-corrected chi connectivity index (χ4v) is 1.14. The summed E-state index contributed by atoms with van der Waals surface area (Å²) < 4.78 is 0. The molecule has 1 rings (SSSR count). The molecule has 1 nitrogen and oxygen atoms in total. The lowest BCUT2D eigenvalue weighted by molar-refractivity contribution is 1.05. The smallest absolute Gasteiger partial charge is 0.0453 e. The van der Waals surface area contributed by atoms with E-state index in [0.29, 0.717) is 6.54 Å². The third-order valence-electron chi connectivity index (χ3n) is 1.47. The summed E-state index contributed by atoms with van der Waals surface area (Å²) in [6, 6.07) is 6.63. The summed E-state index contributed by atoms with van der Waals surface area (Å²) in [5.41, 5.74) is 7.47. The van der Waals surface area contributed by atoms with Gasteiger partial charge in [0.05, 0.1) is 0 Å². The molecule has 2 N–H and O–H groups in total. The highest BCUT2D eigenvalue weighted by Gasteiger charge is 1.99. The number of hydrogen-bond acceptors (Lipinski definition) is 1. The Morgan fingerprint density at radius 2 is 2.40 bits per heavy atom. The highest BCUT2D eigenvalue weighted by atomic mass is 35.5. The van der Waals surface area contributed by atoms with Crippen LogP contribution in [0.5, 0.6) is 0 Å². The van der Waals surface area contributed by atoms with Gasteiger partial charge in [0.2, 0.25) is 0 Å². The minimum absolute atomic E-state index is 0.488. The van der Waals surface area contributed by atoms with Crippen LogP contribution in [0.15, 0.2) is 12.1 Å². The van der Waals surface area contributed by atoms with Crippen LogP contribution < -0.4 is 5.73 Å². The van der Waals surface area contributed by atoms with E-state index in [-0.39, 0.29) is 0 Å². The van der Waals surface area contributed by atoms with E-state index in [1.165, 1.54) is 0 Å². The molecular formula is C8H9ClN. The zero-order chi connectivity index (χ0) is 7.56. The lowest BCUT2D eigenvalue weighted by Gasteiger charge is -2.02. The van der Waals surface area contributed by atoms with E-state index >= 15 is 0 Å². The van der Waals surface area contributed by atoms with Gasteiger partial charge in [-0.25, -0.2) is 0 Å². The van der Waals surface area contributed by atoms with Gasteiger partial charge in [0.25, 0.3) is 0 Å². The van der Waals surface area contributed by atoms with E-state index in [2.05, 4.69) is 6.07 Å². The van der Waals surface area contributed by atoms with Crippen molar-refractivity contribution in [2.75, 3.05) is 0 Å². The van der Waals surface area contributed by atoms with E-state index in [1.807, 2.05) is 6.92 Å². The molecular weight excluding hydrogens is 146 g/mol. The first-order chi connectivity index (χ1) is 4.75. The summed E-state index contributed by atoms with van der Waals surface area (Å²) in [5, 5.41) is 0.735. The summed E-state index contributed by atoms with van der Waals surface area (Å²) in [5.74, 6) is 0. The molecule has 1 aromatic rings. The molecule has 0 fully saturated rings. The van der Waals surface area contributed by atoms with Gasteiger partial charge in [-0.05, 0) is 30.2 Å². The number of hydrogen-bond donors (Lipinski definition) is 1. The zero-order valence-electron chi connectivity index (χ0n) is 5.82. The molecule has 0 aliphatic rings. The molecule has 1 aromatic carbocycles. The number of benzene rings is 1. The first-order valence-corrected chi connectivity index (χ1v) is 3.49. The molecule has 0 heterocycles. The summed E-state index contributed by atoms with van der Waals surface area (Å²) in [6.45, 7) is 2.44. The van der Waals surface area contributed by atoms with Crippen LogP contribution in [0, 0.1) is 13.0 Å². The minimum Gasteiger partial charge on any atom is -0.326 e. The molecule has 0 bridgehead atoms. The maximum Gasteiger partial charge on any atom is 0.0453 e. The minimum atomic E-state index is 0.488. The Morgan fingerprint density at radius 3 is 2.80 bits per heavy atom. The van der Waals surface area contributed by atoms with Gasteiger partial charge in [0.1, 0.15) is 0 Å². The van der Waals surface area contributed by atoms with Gasteiger partial charge < -0.3 is 5.73 Å². The molecule has 1 radical (unpaired) electrons. The SMILES string of the molecule is Cc1[c]ccc(Cl)c1CN. The zero-order valence-corrected chi connectivity index (χ0v) is 6.57. The maximum absolute atomic E-state index is 5.83. The Bertz CT molecular complexity index is 212. The molecule has 0 unspecified atom stereocenters. The molecule has 0 spiro atoms. The van der Waals surface area contributed by atoms with Crippen LogP contribution >= 0.6 is 11.6 Å². The molecule has 0 saturated carbocycles. The van der Waals surface area contributed by atoms with Crippen molar-refractivity contribution in [3.63, 3.8) is 0 Å². The van der Waals surface area contributed by atoms with E-state index in [9.17, 15) is 0 Å². The third kappa shape index (κ3) is 1.31. The fourth-order valence-electron chi connectivity index (χ4n) is 0.857. The van der Waals surface area contributed by atoms with E-state index in [1.54, 1.807) is 12.1 Å². The second-order valence-electron chi connectivity index (χ2n) is 2.13. The van der Waals surface area contributed by atoms with Crippen molar-refractivity contribution in [2.24, 2.45) is 5.73 Å². The Morgan fingerprint density at radius 1 is 1.70 bits per heavy atom. The average Bonchev–Trinajstić information content (AvgIpc) is 1.88. The van der Waals surface area contributed by atoms with Gasteiger partial charge in [-0.3, -0.25) is 0 Å². The molecule has 0 aliphatic carbocycles. The van der Waals surface area contributed by atoms with Crippen LogP contribution in [0.1, 0.15) is 11.1 Å². The monoisotopic (exact) mass is 154 g/mol. The van der Waals surface area contributed by atoms with Crippen LogP contribution in [0.25, 0.3) is 0 Å². The second-order valence-corrected chi connectivity index (χ2v) is 2.54. The van der Waals surface area contributed by atoms with Crippen molar-refractivity contribution >= 4 is 11.6 Å². The van der Waals surface area contributed by atoms with Crippen molar-refractivity contribution < 1.29 is 0 Å². The first kappa shape index (κ1) is 7.58. The Hall–Kier alpha value is -0.530. The molecule has 0 aromatic heterocycles. The van der Waals surface area contributed by atoms with Crippen molar-refractivity contribution in [1.29, 1.82) is 0 Å². The predicted octanol–water partition coefficient (Wildman–Crippen LogP) is 1.91. The molecule has 53 valence electrons. The van der Waals surface area contributed by atoms with E-state index in [0.717, 1.165) is 16.1 Å². The van der Waals surface area contributed by atoms with Gasteiger partial charge >= 0.3 is 0 Å². The number of halogens is 1. The van der Waals surface area contributed by atoms with Gasteiger partial charge in [0.15, 0.2) is 0 Å². The van der Waals surface area contributed by atoms with Gasteiger partial charge in [0, 0.05) is 11.6 Å². The van der Waals surface area contributed by atoms with Crippen molar-refractivity contribution in [1.82, 2.24) is 0 Å². The standard InChI is InChI=1S/C8H9ClN/c1-6-3-2-4-8(9)7(6)5-10/h2,4H,5,10H2,1H3. The summed E-state index contributed by atoms with van der Waals surface area (Å²) in [4.78, 5) is 0. The summed E-state index contributed by atoms with van der Waals surface area (Å²) in [6.07, 6.45) is 0. The molecule has 0 saturated heterocycles. The third-order valence-corrected chi connectivity index (χ3v) is 1.83. The Kier molecular flexibility index (Phi) is 2.30.